The highest BCUT2D eigenvalue weighted by Gasteiger charge is 2.18. The van der Waals surface area contributed by atoms with Crippen LogP contribution in [0.4, 0.5) is 5.69 Å². The van der Waals surface area contributed by atoms with Gasteiger partial charge in [0.1, 0.15) is 5.75 Å². The van der Waals surface area contributed by atoms with Crippen LogP contribution in [0.25, 0.3) is 0 Å². The lowest BCUT2D eigenvalue weighted by Gasteiger charge is -2.17. The van der Waals surface area contributed by atoms with Crippen molar-refractivity contribution < 1.29 is 9.53 Å². The molecule has 0 saturated heterocycles. The van der Waals surface area contributed by atoms with Gasteiger partial charge >= 0.3 is 0 Å². The topological polar surface area (TPSA) is 64.3 Å². The third-order valence-electron chi connectivity index (χ3n) is 2.88. The lowest BCUT2D eigenvalue weighted by atomic mass is 10.0. The monoisotopic (exact) mass is 264 g/mol. The minimum Gasteiger partial charge on any atom is -0.491 e. The summed E-state index contributed by atoms with van der Waals surface area (Å²) in [5.74, 6) is 0.622. The SMILES string of the molecule is CCCOc1cc(C)ccc1NC(=O)[C@@H](N)C(C)C. The van der Waals surface area contributed by atoms with Crippen LogP contribution in [0.1, 0.15) is 32.8 Å². The first kappa shape index (κ1) is 15.5. The molecular weight excluding hydrogens is 240 g/mol. The summed E-state index contributed by atoms with van der Waals surface area (Å²) in [6, 6.07) is 5.20. The first-order valence-electron chi connectivity index (χ1n) is 6.75. The fraction of sp³-hybridized carbons (Fsp3) is 0.533. The molecule has 0 aromatic heterocycles. The molecule has 0 aliphatic carbocycles. The van der Waals surface area contributed by atoms with Gasteiger partial charge in [0.2, 0.25) is 5.91 Å². The summed E-state index contributed by atoms with van der Waals surface area (Å²) in [7, 11) is 0. The minimum absolute atomic E-state index is 0.102. The van der Waals surface area contributed by atoms with Crippen molar-refractivity contribution in [1.82, 2.24) is 0 Å². The van der Waals surface area contributed by atoms with Crippen molar-refractivity contribution in [2.75, 3.05) is 11.9 Å². The lowest BCUT2D eigenvalue weighted by molar-refractivity contribution is -0.118. The van der Waals surface area contributed by atoms with Crippen molar-refractivity contribution in [2.24, 2.45) is 11.7 Å². The van der Waals surface area contributed by atoms with E-state index in [0.29, 0.717) is 18.0 Å². The lowest BCUT2D eigenvalue weighted by Crippen LogP contribution is -2.39. The number of aryl methyl sites for hydroxylation is 1. The Morgan fingerprint density at radius 3 is 2.68 bits per heavy atom. The van der Waals surface area contributed by atoms with E-state index in [1.54, 1.807) is 0 Å². The molecule has 0 saturated carbocycles. The van der Waals surface area contributed by atoms with Crippen molar-refractivity contribution in [2.45, 2.75) is 40.2 Å². The van der Waals surface area contributed by atoms with E-state index >= 15 is 0 Å². The van der Waals surface area contributed by atoms with Gasteiger partial charge in [0.05, 0.1) is 18.3 Å². The van der Waals surface area contributed by atoms with Gasteiger partial charge in [0.15, 0.2) is 0 Å². The highest BCUT2D eigenvalue weighted by Crippen LogP contribution is 2.26. The summed E-state index contributed by atoms with van der Waals surface area (Å²) in [4.78, 5) is 12.0. The standard InChI is InChI=1S/C15H24N2O2/c1-5-8-19-13-9-11(4)6-7-12(13)17-15(18)14(16)10(2)3/h6-7,9-10,14H,5,8,16H2,1-4H3,(H,17,18)/t14-/m0/s1. The normalized spacial score (nSPS) is 12.3. The predicted molar refractivity (Wildman–Crippen MR) is 78.4 cm³/mol. The van der Waals surface area contributed by atoms with Crippen LogP contribution in [0, 0.1) is 12.8 Å². The molecule has 106 valence electrons. The maximum absolute atomic E-state index is 12.0. The van der Waals surface area contributed by atoms with E-state index in [4.69, 9.17) is 10.5 Å². The van der Waals surface area contributed by atoms with Crippen molar-refractivity contribution >= 4 is 11.6 Å². The Hall–Kier alpha value is -1.55. The molecule has 4 nitrogen and oxygen atoms in total. The van der Waals surface area contributed by atoms with Gasteiger partial charge in [-0.3, -0.25) is 4.79 Å². The summed E-state index contributed by atoms with van der Waals surface area (Å²) in [5.41, 5.74) is 7.61. The van der Waals surface area contributed by atoms with E-state index in [1.165, 1.54) is 0 Å². The second kappa shape index (κ2) is 7.14. The highest BCUT2D eigenvalue weighted by atomic mass is 16.5. The smallest absolute Gasteiger partial charge is 0.241 e. The molecule has 1 aromatic carbocycles. The molecule has 0 heterocycles. The molecule has 19 heavy (non-hydrogen) atoms. The van der Waals surface area contributed by atoms with E-state index in [1.807, 2.05) is 45.9 Å². The maximum Gasteiger partial charge on any atom is 0.241 e. The molecule has 3 N–H and O–H groups in total. The zero-order valence-corrected chi connectivity index (χ0v) is 12.2. The Balaban J connectivity index is 2.84. The number of hydrogen-bond acceptors (Lipinski definition) is 3. The number of carbonyl (C=O) groups is 1. The van der Waals surface area contributed by atoms with E-state index in [-0.39, 0.29) is 11.8 Å². The molecule has 0 spiro atoms. The molecule has 1 aromatic rings. The number of amides is 1. The number of rotatable bonds is 6. The van der Waals surface area contributed by atoms with Crippen molar-refractivity contribution in [3.63, 3.8) is 0 Å². The number of hydrogen-bond donors (Lipinski definition) is 2. The van der Waals surface area contributed by atoms with Gasteiger partial charge in [-0.05, 0) is 37.0 Å². The average Bonchev–Trinajstić information content (AvgIpc) is 2.37. The van der Waals surface area contributed by atoms with Crippen molar-refractivity contribution in [1.29, 1.82) is 0 Å². The molecule has 1 amide bonds. The van der Waals surface area contributed by atoms with E-state index < -0.39 is 6.04 Å². The van der Waals surface area contributed by atoms with Crippen molar-refractivity contribution in [3.05, 3.63) is 23.8 Å². The first-order valence-corrected chi connectivity index (χ1v) is 6.75. The van der Waals surface area contributed by atoms with Crippen LogP contribution in [0.15, 0.2) is 18.2 Å². The summed E-state index contributed by atoms with van der Waals surface area (Å²) in [6.07, 6.45) is 0.923. The quantitative estimate of drug-likeness (QED) is 0.830. The molecule has 4 heteroatoms. The molecule has 0 aliphatic heterocycles. The fourth-order valence-electron chi connectivity index (χ4n) is 1.58. The number of anilines is 1. The molecule has 0 radical (unpaired) electrons. The van der Waals surface area contributed by atoms with Crippen LogP contribution in [0.5, 0.6) is 5.75 Å². The second-order valence-corrected chi connectivity index (χ2v) is 5.11. The number of nitrogens with two attached hydrogens (primary N) is 1. The zero-order valence-electron chi connectivity index (χ0n) is 12.2. The van der Waals surface area contributed by atoms with E-state index in [2.05, 4.69) is 5.32 Å². The molecular formula is C15H24N2O2. The Bertz CT molecular complexity index is 430. The van der Waals surface area contributed by atoms with Crippen LogP contribution < -0.4 is 15.8 Å². The Labute approximate surface area is 115 Å². The van der Waals surface area contributed by atoms with Gasteiger partial charge in [0.25, 0.3) is 0 Å². The van der Waals surface area contributed by atoms with Gasteiger partial charge in [-0.15, -0.1) is 0 Å². The Morgan fingerprint density at radius 2 is 2.11 bits per heavy atom. The number of benzene rings is 1. The van der Waals surface area contributed by atoms with Crippen LogP contribution in [0.2, 0.25) is 0 Å². The summed E-state index contributed by atoms with van der Waals surface area (Å²) in [5, 5.41) is 2.84. The van der Waals surface area contributed by atoms with Crippen LogP contribution in [-0.4, -0.2) is 18.6 Å². The van der Waals surface area contributed by atoms with Crippen LogP contribution in [-0.2, 0) is 4.79 Å². The Morgan fingerprint density at radius 1 is 1.42 bits per heavy atom. The number of nitrogens with one attached hydrogen (secondary N) is 1. The van der Waals surface area contributed by atoms with Gasteiger partial charge in [-0.1, -0.05) is 26.8 Å². The average molecular weight is 264 g/mol. The summed E-state index contributed by atoms with van der Waals surface area (Å²) >= 11 is 0. The number of carbonyl (C=O) groups excluding carboxylic acids is 1. The predicted octanol–water partition coefficient (Wildman–Crippen LogP) is 2.71. The molecule has 0 fully saturated rings. The maximum atomic E-state index is 12.0. The number of ether oxygens (including phenoxy) is 1. The minimum atomic E-state index is -0.514. The Kier molecular flexibility index (Phi) is 5.83. The third kappa shape index (κ3) is 4.56. The van der Waals surface area contributed by atoms with E-state index in [9.17, 15) is 4.79 Å². The second-order valence-electron chi connectivity index (χ2n) is 5.11. The molecule has 1 rings (SSSR count). The van der Waals surface area contributed by atoms with Gasteiger partial charge in [-0.2, -0.15) is 0 Å². The summed E-state index contributed by atoms with van der Waals surface area (Å²) in [6.45, 7) is 8.51. The highest BCUT2D eigenvalue weighted by molar-refractivity contribution is 5.96. The van der Waals surface area contributed by atoms with Gasteiger partial charge < -0.3 is 15.8 Å². The largest absolute Gasteiger partial charge is 0.491 e. The summed E-state index contributed by atoms with van der Waals surface area (Å²) < 4.78 is 5.65. The van der Waals surface area contributed by atoms with Crippen LogP contribution >= 0.6 is 0 Å². The van der Waals surface area contributed by atoms with Crippen molar-refractivity contribution in [3.8, 4) is 5.75 Å². The first-order chi connectivity index (χ1) is 8.95. The molecule has 1 atom stereocenters. The van der Waals surface area contributed by atoms with E-state index in [0.717, 1.165) is 12.0 Å². The van der Waals surface area contributed by atoms with Gasteiger partial charge in [0, 0.05) is 0 Å². The molecule has 0 aliphatic rings. The van der Waals surface area contributed by atoms with Crippen LogP contribution in [0.3, 0.4) is 0 Å². The molecule has 0 bridgehead atoms. The van der Waals surface area contributed by atoms with Gasteiger partial charge in [-0.25, -0.2) is 0 Å². The fourth-order valence-corrected chi connectivity index (χ4v) is 1.58. The molecule has 0 unspecified atom stereocenters. The third-order valence-corrected chi connectivity index (χ3v) is 2.88. The zero-order chi connectivity index (χ0) is 14.4.